The number of anilines is 1. The maximum absolute atomic E-state index is 12.4. The minimum absolute atomic E-state index is 0.0114. The van der Waals surface area contributed by atoms with Gasteiger partial charge in [0.1, 0.15) is 11.6 Å². The Kier molecular flexibility index (Phi) is 3.71. The summed E-state index contributed by atoms with van der Waals surface area (Å²) in [6.07, 6.45) is 4.15. The summed E-state index contributed by atoms with van der Waals surface area (Å²) in [5.41, 5.74) is 0. The molecule has 1 aliphatic carbocycles. The molecule has 5 nitrogen and oxygen atoms in total. The Balaban J connectivity index is 1.42. The molecule has 1 aliphatic rings. The first-order chi connectivity index (χ1) is 11.2. The number of nitrogens with zero attached hydrogens (tertiary/aromatic N) is 2. The normalized spacial score (nSPS) is 19.7. The van der Waals surface area contributed by atoms with E-state index < -0.39 is 0 Å². The van der Waals surface area contributed by atoms with E-state index in [0.29, 0.717) is 12.4 Å². The summed E-state index contributed by atoms with van der Waals surface area (Å²) in [4.78, 5) is 13.5. The summed E-state index contributed by atoms with van der Waals surface area (Å²) in [5, 5.41) is 7.23. The molecule has 0 aliphatic heterocycles. The Morgan fingerprint density at radius 2 is 2.35 bits per heavy atom. The van der Waals surface area contributed by atoms with Crippen LogP contribution in [0, 0.1) is 5.92 Å². The van der Waals surface area contributed by atoms with Crippen LogP contribution >= 0.6 is 22.9 Å². The van der Waals surface area contributed by atoms with E-state index in [1.165, 1.54) is 11.3 Å². The average Bonchev–Trinajstić information content (AvgIpc) is 2.91. The molecule has 0 radical (unpaired) electrons. The van der Waals surface area contributed by atoms with E-state index >= 15 is 0 Å². The van der Waals surface area contributed by atoms with Gasteiger partial charge < -0.3 is 9.73 Å². The Hall–Kier alpha value is -2.05. The van der Waals surface area contributed by atoms with Crippen LogP contribution in [0.2, 0.25) is 4.34 Å². The minimum Gasteiger partial charge on any atom is -0.469 e. The molecule has 118 valence electrons. The number of carbonyl (C=O) groups excluding carboxylic acids is 1. The lowest BCUT2D eigenvalue weighted by Crippen LogP contribution is -2.18. The third kappa shape index (κ3) is 3.04. The van der Waals surface area contributed by atoms with Crippen molar-refractivity contribution in [2.75, 3.05) is 5.32 Å². The topological polar surface area (TPSA) is 60.1 Å². The van der Waals surface area contributed by atoms with Gasteiger partial charge in [-0.3, -0.25) is 4.79 Å². The fraction of sp³-hybridized carbons (Fsp3) is 0.250. The molecule has 1 amide bonds. The van der Waals surface area contributed by atoms with Crippen molar-refractivity contribution in [2.45, 2.75) is 18.9 Å². The van der Waals surface area contributed by atoms with Gasteiger partial charge >= 0.3 is 0 Å². The van der Waals surface area contributed by atoms with E-state index in [1.807, 2.05) is 24.3 Å². The Morgan fingerprint density at radius 1 is 1.43 bits per heavy atom. The molecule has 0 unspecified atom stereocenters. The van der Waals surface area contributed by atoms with Crippen LogP contribution in [-0.4, -0.2) is 15.7 Å². The summed E-state index contributed by atoms with van der Waals surface area (Å²) in [5.74, 6) is 1.76. The summed E-state index contributed by atoms with van der Waals surface area (Å²) < 4.78 is 7.88. The number of halogens is 1. The lowest BCUT2D eigenvalue weighted by Gasteiger charge is -2.08. The highest BCUT2D eigenvalue weighted by Gasteiger charge is 2.46. The van der Waals surface area contributed by atoms with Crippen LogP contribution in [0.25, 0.3) is 0 Å². The van der Waals surface area contributed by atoms with Crippen molar-refractivity contribution in [3.05, 3.63) is 57.8 Å². The quantitative estimate of drug-likeness (QED) is 0.759. The molecule has 4 rings (SSSR count). The van der Waals surface area contributed by atoms with Gasteiger partial charge in [-0.25, -0.2) is 4.68 Å². The van der Waals surface area contributed by atoms with Gasteiger partial charge in [-0.15, -0.1) is 11.3 Å². The third-order valence-corrected chi connectivity index (χ3v) is 5.15. The van der Waals surface area contributed by atoms with Gasteiger partial charge in [-0.2, -0.15) is 5.10 Å². The fourth-order valence-corrected chi connectivity index (χ4v) is 3.74. The van der Waals surface area contributed by atoms with Crippen LogP contribution in [0.5, 0.6) is 0 Å². The highest BCUT2D eigenvalue weighted by molar-refractivity contribution is 7.16. The molecular weight excluding hydrogens is 334 g/mol. The van der Waals surface area contributed by atoms with Crippen molar-refractivity contribution in [1.29, 1.82) is 0 Å². The van der Waals surface area contributed by atoms with E-state index in [-0.39, 0.29) is 17.7 Å². The van der Waals surface area contributed by atoms with Gasteiger partial charge in [0, 0.05) is 22.8 Å². The van der Waals surface area contributed by atoms with E-state index in [4.69, 9.17) is 16.0 Å². The van der Waals surface area contributed by atoms with E-state index in [2.05, 4.69) is 10.4 Å². The molecule has 0 spiro atoms. The zero-order valence-corrected chi connectivity index (χ0v) is 13.7. The van der Waals surface area contributed by atoms with Gasteiger partial charge in [0.2, 0.25) is 5.91 Å². The van der Waals surface area contributed by atoms with Gasteiger partial charge in [0.05, 0.1) is 23.3 Å². The highest BCUT2D eigenvalue weighted by Crippen LogP contribution is 2.48. The lowest BCUT2D eigenvalue weighted by molar-refractivity contribution is -0.117. The zero-order chi connectivity index (χ0) is 15.8. The third-order valence-electron chi connectivity index (χ3n) is 3.94. The van der Waals surface area contributed by atoms with Crippen LogP contribution < -0.4 is 5.32 Å². The van der Waals surface area contributed by atoms with Crippen molar-refractivity contribution in [3.63, 3.8) is 0 Å². The molecule has 1 fully saturated rings. The van der Waals surface area contributed by atoms with Crippen molar-refractivity contribution in [2.24, 2.45) is 5.92 Å². The summed E-state index contributed by atoms with van der Waals surface area (Å²) in [6, 6.07) is 9.40. The Morgan fingerprint density at radius 3 is 3.09 bits per heavy atom. The van der Waals surface area contributed by atoms with E-state index in [1.54, 1.807) is 23.2 Å². The first-order valence-electron chi connectivity index (χ1n) is 7.31. The molecule has 0 aromatic carbocycles. The monoisotopic (exact) mass is 347 g/mol. The standard InChI is InChI=1S/C16H14ClN3O2S/c17-14-4-3-10(23-14)9-20-15(5-6-18-20)19-16(21)12-8-11(12)13-2-1-7-22-13/h1-7,11-12H,8-9H2,(H,19,21)/t11-,12-/m1/s1. The predicted octanol–water partition coefficient (Wildman–Crippen LogP) is 3.98. The van der Waals surface area contributed by atoms with Crippen LogP contribution in [0.1, 0.15) is 23.0 Å². The maximum atomic E-state index is 12.4. The van der Waals surface area contributed by atoms with Crippen LogP contribution in [-0.2, 0) is 11.3 Å². The fourth-order valence-electron chi connectivity index (χ4n) is 2.67. The number of aromatic nitrogens is 2. The number of hydrogen-bond acceptors (Lipinski definition) is 4. The molecule has 2 atom stereocenters. The van der Waals surface area contributed by atoms with Crippen molar-refractivity contribution < 1.29 is 9.21 Å². The highest BCUT2D eigenvalue weighted by atomic mass is 35.5. The predicted molar refractivity (Wildman–Crippen MR) is 88.8 cm³/mol. The van der Waals surface area contributed by atoms with Crippen LogP contribution in [0.4, 0.5) is 5.82 Å². The number of carbonyl (C=O) groups is 1. The summed E-state index contributed by atoms with van der Waals surface area (Å²) >= 11 is 7.46. The zero-order valence-electron chi connectivity index (χ0n) is 12.1. The van der Waals surface area contributed by atoms with Crippen molar-refractivity contribution in [3.8, 4) is 0 Å². The average molecular weight is 348 g/mol. The number of hydrogen-bond donors (Lipinski definition) is 1. The minimum atomic E-state index is -0.0271. The SMILES string of the molecule is O=C(Nc1ccnn1Cc1ccc(Cl)s1)[C@@H]1C[C@H]1c1ccco1. The lowest BCUT2D eigenvalue weighted by atomic mass is 10.2. The first-order valence-corrected chi connectivity index (χ1v) is 8.50. The first kappa shape index (κ1) is 14.5. The van der Waals surface area contributed by atoms with Crippen molar-refractivity contribution in [1.82, 2.24) is 9.78 Å². The molecule has 3 aromatic heterocycles. The van der Waals surface area contributed by atoms with Gasteiger partial charge in [-0.1, -0.05) is 11.6 Å². The Labute approximate surface area is 141 Å². The Bertz CT molecular complexity index is 824. The number of rotatable bonds is 5. The van der Waals surface area contributed by atoms with Gasteiger partial charge in [0.15, 0.2) is 0 Å². The van der Waals surface area contributed by atoms with Crippen LogP contribution in [0.15, 0.2) is 47.2 Å². The second kappa shape index (κ2) is 5.86. The number of nitrogens with one attached hydrogen (secondary N) is 1. The maximum Gasteiger partial charge on any atom is 0.229 e. The molecule has 1 saturated carbocycles. The summed E-state index contributed by atoms with van der Waals surface area (Å²) in [7, 11) is 0. The molecule has 0 saturated heterocycles. The van der Waals surface area contributed by atoms with E-state index in [9.17, 15) is 4.79 Å². The number of amides is 1. The van der Waals surface area contributed by atoms with E-state index in [0.717, 1.165) is 21.4 Å². The second-order valence-corrected chi connectivity index (χ2v) is 7.33. The summed E-state index contributed by atoms with van der Waals surface area (Å²) in [6.45, 7) is 0.590. The molecule has 1 N–H and O–H groups in total. The van der Waals surface area contributed by atoms with Gasteiger partial charge in [0.25, 0.3) is 0 Å². The molecule has 7 heteroatoms. The number of furan rings is 1. The largest absolute Gasteiger partial charge is 0.469 e. The second-order valence-electron chi connectivity index (χ2n) is 5.53. The smallest absolute Gasteiger partial charge is 0.229 e. The van der Waals surface area contributed by atoms with Gasteiger partial charge in [-0.05, 0) is 30.7 Å². The molecule has 3 aromatic rings. The van der Waals surface area contributed by atoms with Crippen molar-refractivity contribution >= 4 is 34.7 Å². The van der Waals surface area contributed by atoms with Crippen LogP contribution in [0.3, 0.4) is 0 Å². The number of thiophene rings is 1. The molecule has 3 heterocycles. The molecule has 0 bridgehead atoms. The molecular formula is C16H14ClN3O2S. The molecule has 23 heavy (non-hydrogen) atoms.